The number of allylic oxidation sites excluding steroid dienone is 2. The van der Waals surface area contributed by atoms with Gasteiger partial charge in [-0.1, -0.05) is 11.6 Å². The van der Waals surface area contributed by atoms with Gasteiger partial charge in [-0.05, 0) is 41.0 Å². The number of rotatable bonds is 5. The Morgan fingerprint density at radius 1 is 1.38 bits per heavy atom. The number of aromatic hydroxyl groups is 1. The van der Waals surface area contributed by atoms with Crippen LogP contribution in [0.15, 0.2) is 11.6 Å². The molecular formula is C19H26O5. The molecule has 0 aromatic heterocycles. The van der Waals surface area contributed by atoms with Crippen LogP contribution in [0.4, 0.5) is 0 Å². The second-order valence-corrected chi connectivity index (χ2v) is 7.05. The van der Waals surface area contributed by atoms with Gasteiger partial charge in [0, 0.05) is 17.5 Å². The van der Waals surface area contributed by atoms with E-state index in [1.807, 2.05) is 19.9 Å². The molecule has 1 aromatic carbocycles. The number of benzene rings is 1. The quantitative estimate of drug-likeness (QED) is 0.639. The zero-order chi connectivity index (χ0) is 18.2. The fourth-order valence-electron chi connectivity index (χ4n) is 2.94. The second kappa shape index (κ2) is 6.48. The van der Waals surface area contributed by atoms with Crippen molar-refractivity contribution in [2.75, 3.05) is 7.11 Å². The molecule has 1 atom stereocenters. The van der Waals surface area contributed by atoms with Crippen molar-refractivity contribution in [3.8, 4) is 17.2 Å². The molecule has 1 unspecified atom stereocenters. The lowest BCUT2D eigenvalue weighted by Gasteiger charge is -2.25. The molecule has 0 spiro atoms. The molecule has 0 saturated heterocycles. The standard InChI is InChI=1S/C19H26O5/c1-10(2)7-8-12-16(21)15(11(3)20)18(23-6)13-9-14(19(4,5)22)24-17(12)13/h7,14,21-22H,8-9H2,1-6H3. The third kappa shape index (κ3) is 3.26. The highest BCUT2D eigenvalue weighted by atomic mass is 16.5. The number of carbonyl (C=O) groups excluding carboxylic acids is 1. The molecule has 0 aliphatic carbocycles. The smallest absolute Gasteiger partial charge is 0.167 e. The summed E-state index contributed by atoms with van der Waals surface area (Å²) in [7, 11) is 1.47. The first kappa shape index (κ1) is 18.3. The van der Waals surface area contributed by atoms with Crippen molar-refractivity contribution in [2.24, 2.45) is 0 Å². The van der Waals surface area contributed by atoms with Crippen molar-refractivity contribution in [3.05, 3.63) is 28.3 Å². The first-order chi connectivity index (χ1) is 11.1. The molecule has 1 aliphatic rings. The summed E-state index contributed by atoms with van der Waals surface area (Å²) in [6, 6.07) is 0. The fraction of sp³-hybridized carbons (Fsp3) is 0.526. The summed E-state index contributed by atoms with van der Waals surface area (Å²) in [4.78, 5) is 12.1. The Morgan fingerprint density at radius 2 is 2.00 bits per heavy atom. The van der Waals surface area contributed by atoms with Gasteiger partial charge in [0.25, 0.3) is 0 Å². The van der Waals surface area contributed by atoms with E-state index in [1.54, 1.807) is 13.8 Å². The van der Waals surface area contributed by atoms with Crippen LogP contribution in [0.1, 0.15) is 56.1 Å². The van der Waals surface area contributed by atoms with E-state index in [2.05, 4.69) is 0 Å². The number of Topliss-reactive ketones (excluding diaryl/α,β-unsaturated/α-hetero) is 1. The van der Waals surface area contributed by atoms with Gasteiger partial charge in [0.05, 0.1) is 12.7 Å². The van der Waals surface area contributed by atoms with Gasteiger partial charge in [-0.15, -0.1) is 0 Å². The normalized spacial score (nSPS) is 16.4. The maximum atomic E-state index is 12.1. The zero-order valence-corrected chi connectivity index (χ0v) is 15.2. The Hall–Kier alpha value is -2.01. The fourth-order valence-corrected chi connectivity index (χ4v) is 2.94. The van der Waals surface area contributed by atoms with E-state index in [1.165, 1.54) is 14.0 Å². The van der Waals surface area contributed by atoms with Crippen LogP contribution < -0.4 is 9.47 Å². The lowest BCUT2D eigenvalue weighted by atomic mass is 9.92. The highest BCUT2D eigenvalue weighted by Gasteiger charge is 2.40. The summed E-state index contributed by atoms with van der Waals surface area (Å²) in [5, 5.41) is 21.0. The molecule has 1 aromatic rings. The zero-order valence-electron chi connectivity index (χ0n) is 15.2. The monoisotopic (exact) mass is 334 g/mol. The Labute approximate surface area is 142 Å². The number of aliphatic hydroxyl groups is 1. The summed E-state index contributed by atoms with van der Waals surface area (Å²) >= 11 is 0. The molecule has 5 nitrogen and oxygen atoms in total. The summed E-state index contributed by atoms with van der Waals surface area (Å²) in [5.74, 6) is 0.478. The summed E-state index contributed by atoms with van der Waals surface area (Å²) in [5.41, 5.74) is 1.51. The minimum atomic E-state index is -1.05. The van der Waals surface area contributed by atoms with Crippen LogP contribution in [0, 0.1) is 0 Å². The molecule has 2 rings (SSSR count). The number of carbonyl (C=O) groups is 1. The van der Waals surface area contributed by atoms with Gasteiger partial charge in [-0.25, -0.2) is 0 Å². The molecule has 2 N–H and O–H groups in total. The lowest BCUT2D eigenvalue weighted by molar-refractivity contribution is -0.0232. The molecule has 24 heavy (non-hydrogen) atoms. The van der Waals surface area contributed by atoms with Gasteiger partial charge in [0.1, 0.15) is 28.9 Å². The van der Waals surface area contributed by atoms with Crippen LogP contribution in [-0.2, 0) is 12.8 Å². The molecule has 5 heteroatoms. The minimum Gasteiger partial charge on any atom is -0.507 e. The van der Waals surface area contributed by atoms with Crippen molar-refractivity contribution >= 4 is 5.78 Å². The van der Waals surface area contributed by atoms with E-state index in [9.17, 15) is 15.0 Å². The second-order valence-electron chi connectivity index (χ2n) is 7.05. The summed E-state index contributed by atoms with van der Waals surface area (Å²) < 4.78 is 11.4. The van der Waals surface area contributed by atoms with Crippen molar-refractivity contribution in [1.82, 2.24) is 0 Å². The number of ketones is 1. The molecule has 1 heterocycles. The topological polar surface area (TPSA) is 76.0 Å². The number of methoxy groups -OCH3 is 1. The van der Waals surface area contributed by atoms with E-state index in [0.717, 1.165) is 11.1 Å². The van der Waals surface area contributed by atoms with Gasteiger partial charge in [-0.2, -0.15) is 0 Å². The summed E-state index contributed by atoms with van der Waals surface area (Å²) in [6.45, 7) is 8.69. The molecule has 1 aliphatic heterocycles. The van der Waals surface area contributed by atoms with E-state index >= 15 is 0 Å². The maximum Gasteiger partial charge on any atom is 0.167 e. The Balaban J connectivity index is 2.69. The largest absolute Gasteiger partial charge is 0.507 e. The van der Waals surface area contributed by atoms with E-state index in [4.69, 9.17) is 9.47 Å². The lowest BCUT2D eigenvalue weighted by Crippen LogP contribution is -2.39. The number of phenolic OH excluding ortho intramolecular Hbond substituents is 1. The molecule has 0 saturated carbocycles. The third-order valence-corrected chi connectivity index (χ3v) is 4.28. The number of hydrogen-bond donors (Lipinski definition) is 2. The average molecular weight is 334 g/mol. The van der Waals surface area contributed by atoms with Gasteiger partial charge in [0.2, 0.25) is 0 Å². The van der Waals surface area contributed by atoms with Gasteiger partial charge in [0.15, 0.2) is 5.78 Å². The van der Waals surface area contributed by atoms with E-state index in [-0.39, 0.29) is 17.1 Å². The van der Waals surface area contributed by atoms with Crippen LogP contribution in [-0.4, -0.2) is 34.8 Å². The number of fused-ring (bicyclic) bond motifs is 1. The average Bonchev–Trinajstić information content (AvgIpc) is 2.89. The highest BCUT2D eigenvalue weighted by Crippen LogP contribution is 2.48. The van der Waals surface area contributed by atoms with Crippen molar-refractivity contribution in [1.29, 1.82) is 0 Å². The van der Waals surface area contributed by atoms with E-state index < -0.39 is 11.7 Å². The Kier molecular flexibility index (Phi) is 4.95. The van der Waals surface area contributed by atoms with E-state index in [0.29, 0.717) is 29.9 Å². The van der Waals surface area contributed by atoms with Gasteiger partial charge in [-0.3, -0.25) is 4.79 Å². The number of hydrogen-bond acceptors (Lipinski definition) is 5. The van der Waals surface area contributed by atoms with Crippen LogP contribution in [0.5, 0.6) is 17.2 Å². The molecular weight excluding hydrogens is 308 g/mol. The number of phenols is 1. The van der Waals surface area contributed by atoms with Crippen molar-refractivity contribution in [2.45, 2.75) is 59.2 Å². The molecule has 0 amide bonds. The predicted molar refractivity (Wildman–Crippen MR) is 92.2 cm³/mol. The first-order valence-corrected chi connectivity index (χ1v) is 8.05. The molecule has 0 fully saturated rings. The van der Waals surface area contributed by atoms with Crippen LogP contribution in [0.25, 0.3) is 0 Å². The molecule has 132 valence electrons. The maximum absolute atomic E-state index is 12.1. The van der Waals surface area contributed by atoms with Gasteiger partial charge >= 0.3 is 0 Å². The third-order valence-electron chi connectivity index (χ3n) is 4.28. The Morgan fingerprint density at radius 3 is 2.46 bits per heavy atom. The number of ether oxygens (including phenoxy) is 2. The molecule has 0 bridgehead atoms. The SMILES string of the molecule is COc1c2c(c(CC=C(C)C)c(O)c1C(C)=O)OC(C(C)(C)O)C2. The highest BCUT2D eigenvalue weighted by molar-refractivity contribution is 6.01. The van der Waals surface area contributed by atoms with Crippen LogP contribution >= 0.6 is 0 Å². The van der Waals surface area contributed by atoms with Crippen LogP contribution in [0.2, 0.25) is 0 Å². The minimum absolute atomic E-state index is 0.105. The Bertz CT molecular complexity index is 691. The van der Waals surface area contributed by atoms with Crippen LogP contribution in [0.3, 0.4) is 0 Å². The van der Waals surface area contributed by atoms with Crippen molar-refractivity contribution < 1.29 is 24.5 Å². The van der Waals surface area contributed by atoms with Gasteiger partial charge < -0.3 is 19.7 Å². The predicted octanol–water partition coefficient (Wildman–Crippen LogP) is 3.19. The first-order valence-electron chi connectivity index (χ1n) is 8.05. The summed E-state index contributed by atoms with van der Waals surface area (Å²) in [6.07, 6.45) is 2.37. The molecule has 0 radical (unpaired) electrons. The van der Waals surface area contributed by atoms with Crippen molar-refractivity contribution in [3.63, 3.8) is 0 Å².